The summed E-state index contributed by atoms with van der Waals surface area (Å²) in [5.41, 5.74) is 1.84. The number of hydrogen-bond donors (Lipinski definition) is 1. The Labute approximate surface area is 94.4 Å². The highest BCUT2D eigenvalue weighted by atomic mass is 32.2. The van der Waals surface area contributed by atoms with Gasteiger partial charge in [0, 0.05) is 6.42 Å². The molecule has 1 unspecified atom stereocenters. The second-order valence-electron chi connectivity index (χ2n) is 3.83. The first-order valence-electron chi connectivity index (χ1n) is 4.89. The normalized spacial score (nSPS) is 19.2. The van der Waals surface area contributed by atoms with Crippen LogP contribution >= 0.6 is 0 Å². The maximum atomic E-state index is 10.6. The van der Waals surface area contributed by atoms with Gasteiger partial charge in [-0.3, -0.25) is 4.18 Å². The first-order chi connectivity index (χ1) is 7.44. The zero-order chi connectivity index (χ0) is 11.8. The Morgan fingerprint density at radius 3 is 3.00 bits per heavy atom. The van der Waals surface area contributed by atoms with Gasteiger partial charge in [0.1, 0.15) is 11.9 Å². The Morgan fingerprint density at radius 2 is 2.31 bits per heavy atom. The molecule has 88 valence electrons. The average Bonchev–Trinajstić information content (AvgIpc) is 2.52. The summed E-state index contributed by atoms with van der Waals surface area (Å²) in [6.07, 6.45) is 1.00. The van der Waals surface area contributed by atoms with Crippen molar-refractivity contribution in [1.82, 2.24) is 0 Å². The summed E-state index contributed by atoms with van der Waals surface area (Å²) in [5, 5.41) is 4.74. The molecule has 16 heavy (non-hydrogen) atoms. The predicted octanol–water partition coefficient (Wildman–Crippen LogP) is 0.730. The van der Waals surface area contributed by atoms with Crippen LogP contribution in [0.2, 0.25) is 0 Å². The van der Waals surface area contributed by atoms with Gasteiger partial charge in [-0.1, -0.05) is 6.07 Å². The van der Waals surface area contributed by atoms with Gasteiger partial charge in [-0.15, -0.1) is 0 Å². The van der Waals surface area contributed by atoms with Gasteiger partial charge in [-0.05, 0) is 30.2 Å². The molecule has 1 aromatic rings. The molecular weight excluding hydrogens is 230 g/mol. The summed E-state index contributed by atoms with van der Waals surface area (Å²) < 4.78 is 31.3. The quantitative estimate of drug-likeness (QED) is 0.848. The maximum Gasteiger partial charge on any atom is 0.333 e. The van der Waals surface area contributed by atoms with Crippen LogP contribution < -0.4 is 9.88 Å². The van der Waals surface area contributed by atoms with E-state index >= 15 is 0 Å². The molecule has 0 saturated carbocycles. The van der Waals surface area contributed by atoms with Crippen molar-refractivity contribution in [1.29, 1.82) is 0 Å². The van der Waals surface area contributed by atoms with E-state index in [0.717, 1.165) is 23.3 Å². The van der Waals surface area contributed by atoms with E-state index in [4.69, 9.17) is 9.88 Å². The number of rotatable bonds is 3. The van der Waals surface area contributed by atoms with Crippen molar-refractivity contribution in [3.8, 4) is 5.75 Å². The monoisotopic (exact) mass is 243 g/mol. The molecule has 0 bridgehead atoms. The lowest BCUT2D eigenvalue weighted by Crippen LogP contribution is -2.15. The maximum absolute atomic E-state index is 10.6. The van der Waals surface area contributed by atoms with E-state index in [2.05, 4.69) is 4.18 Å². The fourth-order valence-corrected chi connectivity index (χ4v) is 2.02. The van der Waals surface area contributed by atoms with Crippen molar-refractivity contribution in [2.24, 2.45) is 5.14 Å². The van der Waals surface area contributed by atoms with Crippen molar-refractivity contribution < 1.29 is 17.3 Å². The molecule has 2 N–H and O–H groups in total. The summed E-state index contributed by atoms with van der Waals surface area (Å²) in [5.74, 6) is 0.854. The van der Waals surface area contributed by atoms with E-state index in [0.29, 0.717) is 0 Å². The van der Waals surface area contributed by atoms with Crippen molar-refractivity contribution in [3.05, 3.63) is 29.3 Å². The molecule has 0 fully saturated rings. The van der Waals surface area contributed by atoms with Gasteiger partial charge in [0.25, 0.3) is 0 Å². The minimum Gasteiger partial charge on any atom is -0.490 e. The lowest BCUT2D eigenvalue weighted by Gasteiger charge is -2.04. The molecule has 1 heterocycles. The molecule has 6 heteroatoms. The van der Waals surface area contributed by atoms with Crippen LogP contribution in [0, 0.1) is 0 Å². The van der Waals surface area contributed by atoms with Crippen molar-refractivity contribution in [2.45, 2.75) is 26.1 Å². The van der Waals surface area contributed by atoms with Crippen LogP contribution in [0.15, 0.2) is 18.2 Å². The smallest absolute Gasteiger partial charge is 0.333 e. The van der Waals surface area contributed by atoms with Crippen LogP contribution in [0.3, 0.4) is 0 Å². The lowest BCUT2D eigenvalue weighted by molar-refractivity contribution is 0.254. The lowest BCUT2D eigenvalue weighted by atomic mass is 10.1. The first kappa shape index (κ1) is 11.4. The Balaban J connectivity index is 2.11. The average molecular weight is 243 g/mol. The fraction of sp³-hybridized carbons (Fsp3) is 0.400. The highest BCUT2D eigenvalue weighted by Gasteiger charge is 2.19. The van der Waals surface area contributed by atoms with Crippen LogP contribution in [-0.2, 0) is 27.5 Å². The summed E-state index contributed by atoms with van der Waals surface area (Å²) in [6.45, 7) is 1.95. The molecular formula is C10H13NO4S. The first-order valence-corrected chi connectivity index (χ1v) is 6.37. The van der Waals surface area contributed by atoms with Crippen LogP contribution in [0.25, 0.3) is 0 Å². The summed E-state index contributed by atoms with van der Waals surface area (Å²) in [4.78, 5) is 0. The number of nitrogens with two attached hydrogens (primary N) is 1. The molecule has 0 saturated heterocycles. The second-order valence-corrected chi connectivity index (χ2v) is 5.05. The number of fused-ring (bicyclic) bond motifs is 1. The molecule has 1 aliphatic heterocycles. The summed E-state index contributed by atoms with van der Waals surface area (Å²) >= 11 is 0. The van der Waals surface area contributed by atoms with Gasteiger partial charge in [-0.25, -0.2) is 5.14 Å². The third-order valence-electron chi connectivity index (χ3n) is 2.35. The molecule has 0 aliphatic carbocycles. The summed E-state index contributed by atoms with van der Waals surface area (Å²) in [7, 11) is -3.88. The van der Waals surface area contributed by atoms with Crippen molar-refractivity contribution in [3.63, 3.8) is 0 Å². The second kappa shape index (κ2) is 4.04. The largest absolute Gasteiger partial charge is 0.490 e. The predicted molar refractivity (Wildman–Crippen MR) is 58.1 cm³/mol. The van der Waals surface area contributed by atoms with E-state index in [1.165, 1.54) is 0 Å². The molecule has 1 aromatic carbocycles. The van der Waals surface area contributed by atoms with Gasteiger partial charge < -0.3 is 4.74 Å². The molecule has 0 spiro atoms. The van der Waals surface area contributed by atoms with Crippen LogP contribution in [0.5, 0.6) is 5.75 Å². The van der Waals surface area contributed by atoms with Gasteiger partial charge in [0.05, 0.1) is 6.61 Å². The van der Waals surface area contributed by atoms with E-state index in [1.54, 1.807) is 6.07 Å². The minimum atomic E-state index is -3.88. The van der Waals surface area contributed by atoms with Gasteiger partial charge in [0.2, 0.25) is 0 Å². The molecule has 0 radical (unpaired) electrons. The standard InChI is InChI=1S/C10H13NO4S/c1-7-4-9-5-8(2-3-10(9)15-7)6-14-16(11,12)13/h2-3,5,7H,4,6H2,1H3,(H2,11,12,13). The number of benzene rings is 1. The van der Waals surface area contributed by atoms with E-state index in [9.17, 15) is 8.42 Å². The zero-order valence-electron chi connectivity index (χ0n) is 8.84. The Kier molecular flexibility index (Phi) is 2.88. The molecule has 0 aromatic heterocycles. The van der Waals surface area contributed by atoms with E-state index in [-0.39, 0.29) is 12.7 Å². The van der Waals surface area contributed by atoms with Gasteiger partial charge in [-0.2, -0.15) is 8.42 Å². The SMILES string of the molecule is CC1Cc2cc(COS(N)(=O)=O)ccc2O1. The third kappa shape index (κ3) is 2.72. The summed E-state index contributed by atoms with van der Waals surface area (Å²) in [6, 6.07) is 5.47. The molecule has 2 rings (SSSR count). The number of ether oxygens (including phenoxy) is 1. The Hall–Kier alpha value is -1.11. The van der Waals surface area contributed by atoms with Crippen LogP contribution in [0.1, 0.15) is 18.1 Å². The molecule has 1 aliphatic rings. The van der Waals surface area contributed by atoms with Gasteiger partial charge >= 0.3 is 10.3 Å². The highest BCUT2D eigenvalue weighted by Crippen LogP contribution is 2.29. The van der Waals surface area contributed by atoms with Crippen LogP contribution in [0.4, 0.5) is 0 Å². The number of hydrogen-bond acceptors (Lipinski definition) is 4. The molecule has 5 nitrogen and oxygen atoms in total. The third-order valence-corrected chi connectivity index (χ3v) is 2.80. The van der Waals surface area contributed by atoms with Gasteiger partial charge in [0.15, 0.2) is 0 Å². The minimum absolute atomic E-state index is 0.0412. The topological polar surface area (TPSA) is 78.6 Å². The fourth-order valence-electron chi connectivity index (χ4n) is 1.72. The van der Waals surface area contributed by atoms with E-state index in [1.807, 2.05) is 19.1 Å². The molecule has 1 atom stereocenters. The Morgan fingerprint density at radius 1 is 1.56 bits per heavy atom. The van der Waals surface area contributed by atoms with Crippen molar-refractivity contribution >= 4 is 10.3 Å². The van der Waals surface area contributed by atoms with Crippen molar-refractivity contribution in [2.75, 3.05) is 0 Å². The van der Waals surface area contributed by atoms with E-state index < -0.39 is 10.3 Å². The molecule has 0 amide bonds. The Bertz CT molecular complexity index is 498. The highest BCUT2D eigenvalue weighted by molar-refractivity contribution is 7.84. The van der Waals surface area contributed by atoms with Crippen LogP contribution in [-0.4, -0.2) is 14.5 Å². The zero-order valence-corrected chi connectivity index (χ0v) is 9.66.